The molecule has 51 heavy (non-hydrogen) atoms. The summed E-state index contributed by atoms with van der Waals surface area (Å²) in [5.41, 5.74) is -2.73. The first-order valence-corrected chi connectivity index (χ1v) is 15.8. The number of aromatic nitrogens is 3. The van der Waals surface area contributed by atoms with Crippen molar-refractivity contribution in [2.45, 2.75) is 0 Å². The maximum absolute atomic E-state index is 10.0. The van der Waals surface area contributed by atoms with Gasteiger partial charge in [0.25, 0.3) is 0 Å². The number of rotatable bonds is 4. The lowest BCUT2D eigenvalue weighted by Gasteiger charge is -2.14. The van der Waals surface area contributed by atoms with Gasteiger partial charge in [-0.15, -0.1) is 0 Å². The Balaban J connectivity index is 1.39. The van der Waals surface area contributed by atoms with Crippen molar-refractivity contribution >= 4 is 65.4 Å². The van der Waals surface area contributed by atoms with Crippen molar-refractivity contribution in [1.82, 2.24) is 13.7 Å². The highest BCUT2D eigenvalue weighted by Crippen LogP contribution is 2.41. The standard InChI is InChI=1S/C48H31N3/c1-3-14-34(15-4-1)49-42-22-10-7-18-36(42)39-28-26-33(31-47(39)49)32-27-29-45-41(30-32)38-20-9-12-24-44(38)51(45)46-25-13-21-40-37-19-8-11-23-43(37)50(48(40)46)35-16-5-2-6-17-35/h1-31H/i7D,8D,9D,10D,11D,12D,13D,18D,19D,20D,21D,22D,23D,24D,25D,26D,27D,28D,29D,30D,31D. The Kier molecular flexibility index (Phi) is 3.09. The van der Waals surface area contributed by atoms with Crippen molar-refractivity contribution in [3.63, 3.8) is 0 Å². The highest BCUT2D eigenvalue weighted by atomic mass is 15.1. The van der Waals surface area contributed by atoms with E-state index in [2.05, 4.69) is 0 Å². The van der Waals surface area contributed by atoms with Crippen LogP contribution in [0.25, 0.3) is 93.6 Å². The second-order valence-corrected chi connectivity index (χ2v) is 11.7. The van der Waals surface area contributed by atoms with Gasteiger partial charge in [0, 0.05) is 43.7 Å². The van der Waals surface area contributed by atoms with Gasteiger partial charge in [-0.05, 0) is 77.7 Å². The number of nitrogens with zero attached hydrogens (tertiary/aromatic N) is 3. The number of fused-ring (bicyclic) bond motifs is 9. The highest BCUT2D eigenvalue weighted by molar-refractivity contribution is 6.16. The van der Waals surface area contributed by atoms with Crippen molar-refractivity contribution in [1.29, 1.82) is 0 Å². The normalized spacial score (nSPS) is 17.7. The summed E-state index contributed by atoms with van der Waals surface area (Å²) in [5.74, 6) is 0. The van der Waals surface area contributed by atoms with E-state index in [0.717, 1.165) is 4.57 Å². The highest BCUT2D eigenvalue weighted by Gasteiger charge is 2.20. The van der Waals surface area contributed by atoms with E-state index in [1.54, 1.807) is 60.7 Å². The third-order valence-corrected chi connectivity index (χ3v) is 9.01. The molecule has 0 aliphatic carbocycles. The van der Waals surface area contributed by atoms with Crippen LogP contribution in [-0.4, -0.2) is 13.7 Å². The molecule has 0 N–H and O–H groups in total. The summed E-state index contributed by atoms with van der Waals surface area (Å²) in [6.07, 6.45) is 0. The molecule has 3 heterocycles. The molecular weight excluding hydrogens is 619 g/mol. The second-order valence-electron chi connectivity index (χ2n) is 11.7. The maximum atomic E-state index is 10.0. The quantitative estimate of drug-likeness (QED) is 0.177. The van der Waals surface area contributed by atoms with Crippen LogP contribution in [0.1, 0.15) is 28.8 Å². The molecule has 0 saturated heterocycles. The minimum Gasteiger partial charge on any atom is -0.309 e. The number of benzene rings is 8. The minimum absolute atomic E-state index is 0.125. The van der Waals surface area contributed by atoms with E-state index < -0.39 is 166 Å². The summed E-state index contributed by atoms with van der Waals surface area (Å²) >= 11 is 0. The van der Waals surface area contributed by atoms with Gasteiger partial charge in [0.15, 0.2) is 0 Å². The smallest absolute Gasteiger partial charge is 0.0782 e. The molecule has 0 fully saturated rings. The van der Waals surface area contributed by atoms with Crippen molar-refractivity contribution in [2.24, 2.45) is 0 Å². The molecule has 0 radical (unpaired) electrons. The zero-order valence-corrected chi connectivity index (χ0v) is 26.1. The first-order chi connectivity index (χ1) is 34.1. The minimum atomic E-state index is -0.853. The lowest BCUT2D eigenvalue weighted by atomic mass is 10.0. The Morgan fingerprint density at radius 3 is 1.53 bits per heavy atom. The van der Waals surface area contributed by atoms with Crippen LogP contribution >= 0.6 is 0 Å². The lowest BCUT2D eigenvalue weighted by Crippen LogP contribution is -2.00. The molecule has 0 spiro atoms. The summed E-state index contributed by atoms with van der Waals surface area (Å²) in [6, 6.07) is 1.68. The third-order valence-electron chi connectivity index (χ3n) is 9.01. The fraction of sp³-hybridized carbons (Fsp3) is 0. The van der Waals surface area contributed by atoms with Gasteiger partial charge in [0.1, 0.15) is 0 Å². The van der Waals surface area contributed by atoms with Crippen molar-refractivity contribution in [3.05, 3.63) is 188 Å². The fourth-order valence-electron chi connectivity index (χ4n) is 6.89. The van der Waals surface area contributed by atoms with E-state index in [1.165, 1.54) is 9.13 Å². The molecule has 0 unspecified atom stereocenters. The third kappa shape index (κ3) is 4.06. The summed E-state index contributed by atoms with van der Waals surface area (Å²) in [6.45, 7) is 0. The molecule has 11 rings (SSSR count). The molecule has 0 aliphatic rings. The maximum Gasteiger partial charge on any atom is 0.0782 e. The summed E-state index contributed by atoms with van der Waals surface area (Å²) in [7, 11) is 0. The molecule has 0 saturated carbocycles. The Bertz CT molecular complexity index is 4330. The van der Waals surface area contributed by atoms with Crippen LogP contribution in [0.4, 0.5) is 0 Å². The van der Waals surface area contributed by atoms with Crippen LogP contribution in [-0.2, 0) is 0 Å². The SMILES string of the molecule is [2H]c1c([2H])c([2H])c2c(c1[2H])c1c([2H])c([2H])c(-c3c([2H])c([2H])c4c(c3[2H])c3c([2H])c([2H])c([2H])c([2H])c3n4-c3c([2H])c([2H])c([2H])c4c5c([2H])c([2H])c([2H])c([2H])c5n(-c5ccccc5)c34)c([2H])c1n2-c1ccccc1. The molecule has 0 atom stereocenters. The van der Waals surface area contributed by atoms with Gasteiger partial charge in [-0.2, -0.15) is 0 Å². The zero-order valence-electron chi connectivity index (χ0n) is 47.1. The van der Waals surface area contributed by atoms with Crippen LogP contribution in [0, 0.1) is 0 Å². The summed E-state index contributed by atoms with van der Waals surface area (Å²) in [5, 5.41) is -1.71. The molecule has 11 aromatic rings. The summed E-state index contributed by atoms with van der Waals surface area (Å²) < 4.78 is 197. The monoisotopic (exact) mass is 670 g/mol. The van der Waals surface area contributed by atoms with Crippen LogP contribution in [0.3, 0.4) is 0 Å². The average molecular weight is 671 g/mol. The van der Waals surface area contributed by atoms with E-state index >= 15 is 0 Å². The van der Waals surface area contributed by atoms with Crippen LogP contribution < -0.4 is 0 Å². The van der Waals surface area contributed by atoms with E-state index in [4.69, 9.17) is 13.7 Å². The Hall–Kier alpha value is -6.84. The van der Waals surface area contributed by atoms with Crippen LogP contribution in [0.2, 0.25) is 0 Å². The molecule has 0 amide bonds. The van der Waals surface area contributed by atoms with Crippen molar-refractivity contribution < 1.29 is 28.8 Å². The molecule has 0 aliphatic heterocycles. The fourth-order valence-corrected chi connectivity index (χ4v) is 6.89. The van der Waals surface area contributed by atoms with E-state index in [1.807, 2.05) is 0 Å². The van der Waals surface area contributed by atoms with Crippen molar-refractivity contribution in [3.8, 4) is 28.2 Å². The van der Waals surface area contributed by atoms with Crippen molar-refractivity contribution in [2.75, 3.05) is 0 Å². The average Bonchev–Trinajstić information content (AvgIpc) is 4.05. The predicted octanol–water partition coefficient (Wildman–Crippen LogP) is 12.6. The first kappa shape index (κ1) is 14.6. The van der Waals surface area contributed by atoms with Gasteiger partial charge in [0.05, 0.1) is 67.6 Å². The summed E-state index contributed by atoms with van der Waals surface area (Å²) in [4.78, 5) is 0. The predicted molar refractivity (Wildman–Crippen MR) is 215 cm³/mol. The molecule has 238 valence electrons. The molecule has 3 aromatic heterocycles. The largest absolute Gasteiger partial charge is 0.309 e. The van der Waals surface area contributed by atoms with Gasteiger partial charge in [-0.3, -0.25) is 0 Å². The van der Waals surface area contributed by atoms with E-state index in [-0.39, 0.29) is 55.0 Å². The first-order valence-electron chi connectivity index (χ1n) is 26.3. The van der Waals surface area contributed by atoms with E-state index in [9.17, 15) is 15.1 Å². The second kappa shape index (κ2) is 10.8. The number of para-hydroxylation sites is 6. The van der Waals surface area contributed by atoms with Gasteiger partial charge in [0.2, 0.25) is 0 Å². The van der Waals surface area contributed by atoms with Gasteiger partial charge < -0.3 is 13.7 Å². The molecule has 3 heteroatoms. The topological polar surface area (TPSA) is 14.8 Å². The van der Waals surface area contributed by atoms with Crippen LogP contribution in [0.15, 0.2) is 188 Å². The van der Waals surface area contributed by atoms with Gasteiger partial charge >= 0.3 is 0 Å². The Labute approximate surface area is 324 Å². The molecule has 8 aromatic carbocycles. The molecule has 0 bridgehead atoms. The van der Waals surface area contributed by atoms with E-state index in [0.29, 0.717) is 0 Å². The molecule has 3 nitrogen and oxygen atoms in total. The number of hydrogen-bond donors (Lipinski definition) is 0. The van der Waals surface area contributed by atoms with Crippen LogP contribution in [0.5, 0.6) is 0 Å². The molecular formula is C48H31N3. The van der Waals surface area contributed by atoms with Gasteiger partial charge in [-0.25, -0.2) is 0 Å². The lowest BCUT2D eigenvalue weighted by molar-refractivity contribution is 1.13. The van der Waals surface area contributed by atoms with Gasteiger partial charge in [-0.1, -0.05) is 121 Å². The Morgan fingerprint density at radius 1 is 0.333 bits per heavy atom. The zero-order chi connectivity index (χ0) is 51.7. The Morgan fingerprint density at radius 2 is 0.824 bits per heavy atom. The number of hydrogen-bond acceptors (Lipinski definition) is 0.